The maximum absolute atomic E-state index is 14.1. The minimum absolute atomic E-state index is 0.138. The molecule has 0 amide bonds. The molecule has 2 aromatic heterocycles. The van der Waals surface area contributed by atoms with Crippen LogP contribution in [0.1, 0.15) is 40.3 Å². The minimum atomic E-state index is -0.225. The Bertz CT molecular complexity index is 1320. The van der Waals surface area contributed by atoms with E-state index in [0.717, 1.165) is 34.0 Å². The normalized spacial score (nSPS) is 17.9. The number of nitrogens with one attached hydrogen (secondary N) is 1. The molecule has 1 aliphatic rings. The van der Waals surface area contributed by atoms with Crippen LogP contribution in [-0.4, -0.2) is 14.7 Å². The van der Waals surface area contributed by atoms with E-state index in [2.05, 4.69) is 51.8 Å². The number of rotatable bonds is 4. The summed E-state index contributed by atoms with van der Waals surface area (Å²) in [5.41, 5.74) is 6.91. The van der Waals surface area contributed by atoms with Crippen molar-refractivity contribution in [1.82, 2.24) is 14.9 Å². The molecular weight excluding hydrogens is 431 g/mol. The molecule has 0 saturated carbocycles. The molecule has 6 heteroatoms. The first-order valence-corrected chi connectivity index (χ1v) is 11.4. The molecule has 2 aromatic carbocycles. The molecule has 4 nitrogen and oxygen atoms in total. The third-order valence-corrected chi connectivity index (χ3v) is 6.64. The van der Waals surface area contributed by atoms with Crippen LogP contribution in [0.15, 0.2) is 79.0 Å². The molecule has 0 bridgehead atoms. The largest absolute Gasteiger partial charge is 0.351 e. The number of halogens is 1. The summed E-state index contributed by atoms with van der Waals surface area (Å²) in [5, 5.41) is 4.09. The maximum Gasteiger partial charge on any atom is 0.174 e. The second-order valence-corrected chi connectivity index (χ2v) is 8.81. The summed E-state index contributed by atoms with van der Waals surface area (Å²) >= 11 is 5.82. The van der Waals surface area contributed by atoms with Crippen LogP contribution in [0.3, 0.4) is 0 Å². The molecule has 0 spiro atoms. The monoisotopic (exact) mass is 456 g/mol. The fraction of sp³-hybridized carbons (Fsp3) is 0.185. The highest BCUT2D eigenvalue weighted by atomic mass is 32.1. The smallest absolute Gasteiger partial charge is 0.174 e. The van der Waals surface area contributed by atoms with Crippen molar-refractivity contribution in [2.75, 3.05) is 4.90 Å². The molecular formula is C27H25FN4S. The summed E-state index contributed by atoms with van der Waals surface area (Å²) in [4.78, 5) is 6.73. The molecule has 2 atom stereocenters. The van der Waals surface area contributed by atoms with Gasteiger partial charge in [-0.25, -0.2) is 4.39 Å². The molecule has 0 unspecified atom stereocenters. The van der Waals surface area contributed by atoms with Crippen molar-refractivity contribution in [3.8, 4) is 5.69 Å². The average molecular weight is 457 g/mol. The summed E-state index contributed by atoms with van der Waals surface area (Å²) in [6.45, 7) is 6.03. The van der Waals surface area contributed by atoms with E-state index < -0.39 is 0 Å². The number of benzene rings is 2. The second-order valence-electron chi connectivity index (χ2n) is 8.43. The van der Waals surface area contributed by atoms with Crippen LogP contribution in [0, 0.1) is 26.6 Å². The lowest BCUT2D eigenvalue weighted by molar-refractivity contribution is 0.564. The first kappa shape index (κ1) is 21.3. The van der Waals surface area contributed by atoms with Gasteiger partial charge in [-0.3, -0.25) is 4.98 Å². The quantitative estimate of drug-likeness (QED) is 0.376. The van der Waals surface area contributed by atoms with E-state index in [1.54, 1.807) is 19.2 Å². The van der Waals surface area contributed by atoms with Crippen molar-refractivity contribution in [2.45, 2.75) is 32.9 Å². The lowest BCUT2D eigenvalue weighted by Crippen LogP contribution is -2.29. The molecule has 3 heterocycles. The fourth-order valence-electron chi connectivity index (χ4n) is 4.79. The summed E-state index contributed by atoms with van der Waals surface area (Å²) < 4.78 is 16.3. The van der Waals surface area contributed by atoms with E-state index in [4.69, 9.17) is 12.2 Å². The zero-order valence-corrected chi connectivity index (χ0v) is 19.6. The lowest BCUT2D eigenvalue weighted by Gasteiger charge is -2.28. The Kier molecular flexibility index (Phi) is 5.46. The second kappa shape index (κ2) is 8.45. The summed E-state index contributed by atoms with van der Waals surface area (Å²) in [7, 11) is 0. The first-order valence-electron chi connectivity index (χ1n) is 11.0. The van der Waals surface area contributed by atoms with Crippen molar-refractivity contribution in [3.63, 3.8) is 0 Å². The Labute approximate surface area is 198 Å². The Morgan fingerprint density at radius 1 is 0.909 bits per heavy atom. The van der Waals surface area contributed by atoms with Crippen LogP contribution < -0.4 is 10.2 Å². The van der Waals surface area contributed by atoms with E-state index >= 15 is 0 Å². The van der Waals surface area contributed by atoms with Crippen LogP contribution in [-0.2, 0) is 0 Å². The predicted octanol–water partition coefficient (Wildman–Crippen LogP) is 6.11. The van der Waals surface area contributed by atoms with Gasteiger partial charge in [-0.1, -0.05) is 24.3 Å². The van der Waals surface area contributed by atoms with Crippen molar-refractivity contribution >= 4 is 23.0 Å². The van der Waals surface area contributed by atoms with E-state index in [1.807, 2.05) is 42.5 Å². The lowest BCUT2D eigenvalue weighted by atomic mass is 9.96. The Morgan fingerprint density at radius 2 is 1.67 bits per heavy atom. The van der Waals surface area contributed by atoms with Crippen molar-refractivity contribution in [3.05, 3.63) is 113 Å². The van der Waals surface area contributed by atoms with E-state index in [9.17, 15) is 4.39 Å². The number of pyridine rings is 1. The number of aromatic nitrogens is 2. The number of nitrogens with zero attached hydrogens (tertiary/aromatic N) is 3. The van der Waals surface area contributed by atoms with Gasteiger partial charge in [-0.15, -0.1) is 0 Å². The zero-order chi connectivity index (χ0) is 23.1. The highest BCUT2D eigenvalue weighted by molar-refractivity contribution is 7.80. The van der Waals surface area contributed by atoms with Gasteiger partial charge in [-0.2, -0.15) is 0 Å². The van der Waals surface area contributed by atoms with E-state index in [1.165, 1.54) is 6.07 Å². The topological polar surface area (TPSA) is 33.1 Å². The Balaban J connectivity index is 1.69. The predicted molar refractivity (Wildman–Crippen MR) is 134 cm³/mol. The van der Waals surface area contributed by atoms with Crippen molar-refractivity contribution in [1.29, 1.82) is 0 Å². The van der Waals surface area contributed by atoms with Gasteiger partial charge in [0.2, 0.25) is 0 Å². The summed E-state index contributed by atoms with van der Waals surface area (Å²) in [5.74, 6) is -0.225. The highest BCUT2D eigenvalue weighted by Crippen LogP contribution is 2.44. The molecule has 1 N–H and O–H groups in total. The van der Waals surface area contributed by atoms with Gasteiger partial charge >= 0.3 is 0 Å². The van der Waals surface area contributed by atoms with Crippen LogP contribution in [0.25, 0.3) is 5.69 Å². The SMILES string of the molecule is Cc1cc(N2C(=S)N[C@@H](c3ccccn3)[C@@H]2c2cc(C)n(-c3ccccc3)c2C)ccc1F. The van der Waals surface area contributed by atoms with Gasteiger partial charge in [-0.05, 0) is 92.6 Å². The van der Waals surface area contributed by atoms with Gasteiger partial charge in [0.05, 0.1) is 17.8 Å². The van der Waals surface area contributed by atoms with Gasteiger partial charge in [0.25, 0.3) is 0 Å². The summed E-state index contributed by atoms with van der Waals surface area (Å²) in [6, 6.07) is 23.3. The van der Waals surface area contributed by atoms with Gasteiger partial charge < -0.3 is 14.8 Å². The first-order chi connectivity index (χ1) is 16.0. The third-order valence-electron chi connectivity index (χ3n) is 6.32. The van der Waals surface area contributed by atoms with Gasteiger partial charge in [0.15, 0.2) is 5.11 Å². The van der Waals surface area contributed by atoms with Crippen LogP contribution in [0.5, 0.6) is 0 Å². The summed E-state index contributed by atoms with van der Waals surface area (Å²) in [6.07, 6.45) is 1.80. The average Bonchev–Trinajstić information content (AvgIpc) is 3.32. The van der Waals surface area contributed by atoms with Crippen LogP contribution >= 0.6 is 12.2 Å². The molecule has 1 fully saturated rings. The Hall–Kier alpha value is -3.51. The molecule has 33 heavy (non-hydrogen) atoms. The van der Waals surface area contributed by atoms with Gasteiger partial charge in [0.1, 0.15) is 5.82 Å². The zero-order valence-electron chi connectivity index (χ0n) is 18.8. The number of anilines is 1. The highest BCUT2D eigenvalue weighted by Gasteiger charge is 2.42. The maximum atomic E-state index is 14.1. The molecule has 0 radical (unpaired) electrons. The molecule has 4 aromatic rings. The van der Waals surface area contributed by atoms with Crippen LogP contribution in [0.2, 0.25) is 0 Å². The van der Waals surface area contributed by atoms with Crippen molar-refractivity contribution in [2.24, 2.45) is 0 Å². The third kappa shape index (κ3) is 3.70. The van der Waals surface area contributed by atoms with Gasteiger partial charge in [0, 0.05) is 29.0 Å². The molecule has 5 rings (SSSR count). The number of para-hydroxylation sites is 1. The Morgan fingerprint density at radius 3 is 2.36 bits per heavy atom. The number of aryl methyl sites for hydroxylation is 2. The number of hydrogen-bond acceptors (Lipinski definition) is 2. The minimum Gasteiger partial charge on any atom is -0.351 e. The van der Waals surface area contributed by atoms with Crippen molar-refractivity contribution < 1.29 is 4.39 Å². The fourth-order valence-corrected chi connectivity index (χ4v) is 5.14. The standard InChI is InChI=1S/C27H25FN4S/c1-17-15-21(12-13-23(17)28)32-26(25(30-27(32)33)24-11-7-8-14-29-24)22-16-18(2)31(19(22)3)20-9-5-4-6-10-20/h4-16,25-26H,1-3H3,(H,30,33)/t25-,26-/m0/s1. The number of hydrogen-bond donors (Lipinski definition) is 1. The van der Waals surface area contributed by atoms with E-state index in [-0.39, 0.29) is 17.9 Å². The molecule has 1 saturated heterocycles. The molecule has 0 aliphatic carbocycles. The molecule has 1 aliphatic heterocycles. The molecule has 166 valence electrons. The van der Waals surface area contributed by atoms with E-state index in [0.29, 0.717) is 10.7 Å². The van der Waals surface area contributed by atoms with Crippen LogP contribution in [0.4, 0.5) is 10.1 Å². The number of thiocarbonyl (C=S) groups is 1.